The van der Waals surface area contributed by atoms with Crippen LogP contribution in [0.5, 0.6) is 0 Å². The quantitative estimate of drug-likeness (QED) is 0.907. The zero-order chi connectivity index (χ0) is 15.4. The van der Waals surface area contributed by atoms with Gasteiger partial charge in [-0.15, -0.1) is 11.3 Å². The van der Waals surface area contributed by atoms with Crippen molar-refractivity contribution in [2.24, 2.45) is 5.41 Å². The number of hydrogen-bond donors (Lipinski definition) is 1. The molecule has 0 saturated heterocycles. The second-order valence-corrected chi connectivity index (χ2v) is 9.91. The molecule has 2 aliphatic carbocycles. The summed E-state index contributed by atoms with van der Waals surface area (Å²) in [5.74, 6) is 1.15. The molecular formula is C15H19N3O2S2. The van der Waals surface area contributed by atoms with Crippen molar-refractivity contribution in [1.82, 2.24) is 9.97 Å². The Hall–Kier alpha value is -1.21. The Morgan fingerprint density at radius 1 is 1.32 bits per heavy atom. The van der Waals surface area contributed by atoms with Gasteiger partial charge >= 0.3 is 0 Å². The molecule has 22 heavy (non-hydrogen) atoms. The van der Waals surface area contributed by atoms with Gasteiger partial charge in [-0.1, -0.05) is 0 Å². The highest BCUT2D eigenvalue weighted by Crippen LogP contribution is 2.47. The lowest BCUT2D eigenvalue weighted by atomic mass is 10.1. The van der Waals surface area contributed by atoms with Crippen LogP contribution < -0.4 is 5.32 Å². The van der Waals surface area contributed by atoms with E-state index < -0.39 is 9.84 Å². The Bertz CT molecular complexity index is 838. The summed E-state index contributed by atoms with van der Waals surface area (Å²) in [4.78, 5) is 11.3. The molecule has 2 heterocycles. The maximum Gasteiger partial charge on any atom is 0.148 e. The summed E-state index contributed by atoms with van der Waals surface area (Å²) in [5, 5.41) is 4.58. The molecule has 2 aromatic heterocycles. The van der Waals surface area contributed by atoms with Gasteiger partial charge in [0.25, 0.3) is 0 Å². The van der Waals surface area contributed by atoms with E-state index in [1.54, 1.807) is 17.7 Å². The SMILES string of the molecule is CS(=O)(=O)CC1(CNc2ncnc3sc4c(c23)CCC4)CC1. The molecule has 0 amide bonds. The number of rotatable bonds is 5. The molecule has 2 aliphatic rings. The van der Waals surface area contributed by atoms with Gasteiger partial charge in [0, 0.05) is 23.1 Å². The van der Waals surface area contributed by atoms with Gasteiger partial charge in [0.05, 0.1) is 11.1 Å². The Balaban J connectivity index is 1.60. The molecule has 0 atom stereocenters. The fourth-order valence-electron chi connectivity index (χ4n) is 3.44. The van der Waals surface area contributed by atoms with Crippen molar-refractivity contribution in [1.29, 1.82) is 0 Å². The first-order valence-corrected chi connectivity index (χ1v) is 10.5. The van der Waals surface area contributed by atoms with Gasteiger partial charge in [-0.05, 0) is 37.7 Å². The largest absolute Gasteiger partial charge is 0.369 e. The van der Waals surface area contributed by atoms with Crippen LogP contribution in [-0.4, -0.2) is 36.9 Å². The molecule has 0 bridgehead atoms. The molecule has 0 radical (unpaired) electrons. The molecule has 118 valence electrons. The predicted molar refractivity (Wildman–Crippen MR) is 89.3 cm³/mol. The Labute approximate surface area is 134 Å². The highest BCUT2D eigenvalue weighted by molar-refractivity contribution is 7.90. The standard InChI is InChI=1S/C15H19N3O2S2/c1-22(19,20)8-15(5-6-15)7-16-13-12-10-3-2-4-11(10)21-14(12)18-9-17-13/h9H,2-8H2,1H3,(H,16,17,18). The number of hydrogen-bond acceptors (Lipinski definition) is 6. The van der Waals surface area contributed by atoms with E-state index in [4.69, 9.17) is 0 Å². The third-order valence-electron chi connectivity index (χ3n) is 4.66. The van der Waals surface area contributed by atoms with Crippen LogP contribution >= 0.6 is 11.3 Å². The number of thiophene rings is 1. The molecule has 0 spiro atoms. The van der Waals surface area contributed by atoms with Crippen LogP contribution in [0, 0.1) is 5.41 Å². The minimum Gasteiger partial charge on any atom is -0.369 e. The zero-order valence-corrected chi connectivity index (χ0v) is 14.2. The van der Waals surface area contributed by atoms with Gasteiger partial charge in [-0.2, -0.15) is 0 Å². The summed E-state index contributed by atoms with van der Waals surface area (Å²) in [7, 11) is -2.94. The third-order valence-corrected chi connectivity index (χ3v) is 6.99. The number of sulfone groups is 1. The highest BCUT2D eigenvalue weighted by atomic mass is 32.2. The lowest BCUT2D eigenvalue weighted by molar-refractivity contribution is 0.560. The van der Waals surface area contributed by atoms with Crippen LogP contribution in [0.4, 0.5) is 5.82 Å². The fraction of sp³-hybridized carbons (Fsp3) is 0.600. The maximum atomic E-state index is 11.6. The summed E-state index contributed by atoms with van der Waals surface area (Å²) in [6, 6.07) is 0. The fourth-order valence-corrected chi connectivity index (χ4v) is 6.17. The number of aromatic nitrogens is 2. The van der Waals surface area contributed by atoms with Gasteiger partial charge < -0.3 is 5.32 Å². The third kappa shape index (κ3) is 2.60. The van der Waals surface area contributed by atoms with Gasteiger partial charge in [0.1, 0.15) is 26.8 Å². The summed E-state index contributed by atoms with van der Waals surface area (Å²) < 4.78 is 23.1. The molecule has 1 fully saturated rings. The molecule has 1 N–H and O–H groups in total. The average Bonchev–Trinajstić information content (AvgIpc) is 2.88. The summed E-state index contributed by atoms with van der Waals surface area (Å²) in [6.45, 7) is 0.677. The van der Waals surface area contributed by atoms with Crippen LogP contribution in [0.3, 0.4) is 0 Å². The van der Waals surface area contributed by atoms with Crippen molar-refractivity contribution in [2.45, 2.75) is 32.1 Å². The smallest absolute Gasteiger partial charge is 0.148 e. The lowest BCUT2D eigenvalue weighted by Gasteiger charge is -2.16. The van der Waals surface area contributed by atoms with E-state index >= 15 is 0 Å². The maximum absolute atomic E-state index is 11.6. The number of aryl methyl sites for hydroxylation is 2. The normalized spacial score (nSPS) is 19.3. The van der Waals surface area contributed by atoms with Gasteiger partial charge in [0.15, 0.2) is 0 Å². The Kier molecular flexibility index (Phi) is 3.20. The van der Waals surface area contributed by atoms with E-state index in [1.165, 1.54) is 23.1 Å². The molecule has 2 aromatic rings. The molecule has 1 saturated carbocycles. The van der Waals surface area contributed by atoms with Crippen LogP contribution in [-0.2, 0) is 22.7 Å². The lowest BCUT2D eigenvalue weighted by Crippen LogP contribution is -2.24. The van der Waals surface area contributed by atoms with E-state index in [2.05, 4.69) is 15.3 Å². The Morgan fingerprint density at radius 2 is 2.14 bits per heavy atom. The predicted octanol–water partition coefficient (Wildman–Crippen LogP) is 2.42. The van der Waals surface area contributed by atoms with Crippen molar-refractivity contribution in [3.05, 3.63) is 16.8 Å². The van der Waals surface area contributed by atoms with Gasteiger partial charge in [0.2, 0.25) is 0 Å². The minimum atomic E-state index is -2.94. The van der Waals surface area contributed by atoms with Crippen molar-refractivity contribution >= 4 is 37.2 Å². The van der Waals surface area contributed by atoms with Gasteiger partial charge in [-0.25, -0.2) is 18.4 Å². The van der Waals surface area contributed by atoms with Gasteiger partial charge in [-0.3, -0.25) is 0 Å². The summed E-state index contributed by atoms with van der Waals surface area (Å²) >= 11 is 1.77. The molecular weight excluding hydrogens is 318 g/mol. The summed E-state index contributed by atoms with van der Waals surface area (Å²) in [6.07, 6.45) is 8.34. The minimum absolute atomic E-state index is 0.0932. The number of nitrogens with one attached hydrogen (secondary N) is 1. The van der Waals surface area contributed by atoms with E-state index in [1.807, 2.05) is 0 Å². The van der Waals surface area contributed by atoms with Crippen molar-refractivity contribution < 1.29 is 8.42 Å². The van der Waals surface area contributed by atoms with E-state index in [-0.39, 0.29) is 11.2 Å². The Morgan fingerprint density at radius 3 is 2.86 bits per heavy atom. The monoisotopic (exact) mass is 337 g/mol. The molecule has 0 aliphatic heterocycles. The van der Waals surface area contributed by atoms with Crippen LogP contribution in [0.2, 0.25) is 0 Å². The first-order valence-electron chi connectivity index (χ1n) is 7.63. The molecule has 0 unspecified atom stereocenters. The van der Waals surface area contributed by atoms with Crippen molar-refractivity contribution in [3.8, 4) is 0 Å². The first-order chi connectivity index (χ1) is 10.5. The van der Waals surface area contributed by atoms with Crippen LogP contribution in [0.1, 0.15) is 29.7 Å². The second kappa shape index (κ2) is 4.89. The average molecular weight is 337 g/mol. The summed E-state index contributed by atoms with van der Waals surface area (Å²) in [5.41, 5.74) is 1.31. The van der Waals surface area contributed by atoms with E-state index in [9.17, 15) is 8.42 Å². The topological polar surface area (TPSA) is 72.0 Å². The molecule has 5 nitrogen and oxygen atoms in total. The highest BCUT2D eigenvalue weighted by Gasteiger charge is 2.45. The number of nitrogens with zero attached hydrogens (tertiary/aromatic N) is 2. The second-order valence-electron chi connectivity index (χ2n) is 6.68. The first kappa shape index (κ1) is 14.4. The van der Waals surface area contributed by atoms with Crippen LogP contribution in [0.25, 0.3) is 10.2 Å². The molecule has 4 rings (SSSR count). The van der Waals surface area contributed by atoms with Crippen molar-refractivity contribution in [2.75, 3.05) is 23.9 Å². The van der Waals surface area contributed by atoms with E-state index in [0.29, 0.717) is 6.54 Å². The number of anilines is 1. The van der Waals surface area contributed by atoms with Crippen molar-refractivity contribution in [3.63, 3.8) is 0 Å². The molecule has 0 aromatic carbocycles. The molecule has 7 heteroatoms. The zero-order valence-electron chi connectivity index (χ0n) is 12.6. The van der Waals surface area contributed by atoms with Crippen LogP contribution in [0.15, 0.2) is 6.33 Å². The number of fused-ring (bicyclic) bond motifs is 3. The van der Waals surface area contributed by atoms with E-state index in [0.717, 1.165) is 41.7 Å².